The van der Waals surface area contributed by atoms with Crippen LogP contribution in [-0.4, -0.2) is 53.7 Å². The number of fused-ring (bicyclic) bond motifs is 1. The lowest BCUT2D eigenvalue weighted by atomic mass is 10.3. The number of aryl methyl sites for hydroxylation is 2. The molecule has 0 aromatic carbocycles. The van der Waals surface area contributed by atoms with Gasteiger partial charge in [0.2, 0.25) is 11.8 Å². The van der Waals surface area contributed by atoms with Crippen LogP contribution in [0.2, 0.25) is 0 Å². The van der Waals surface area contributed by atoms with E-state index in [0.717, 1.165) is 10.3 Å². The second-order valence-electron chi connectivity index (χ2n) is 7.24. The molecule has 10 nitrogen and oxygen atoms in total. The Morgan fingerprint density at radius 2 is 2.03 bits per heavy atom. The van der Waals surface area contributed by atoms with Gasteiger partial charge in [-0.2, -0.15) is 0 Å². The number of hydrogen-bond acceptors (Lipinski definition) is 6. The van der Waals surface area contributed by atoms with Crippen molar-refractivity contribution in [3.63, 3.8) is 0 Å². The predicted molar refractivity (Wildman–Crippen MR) is 105 cm³/mol. The largest absolute Gasteiger partial charge is 0.472 e. The number of hydrogen-bond donors (Lipinski definition) is 0. The molecule has 152 valence electrons. The zero-order valence-electron chi connectivity index (χ0n) is 16.5. The minimum absolute atomic E-state index is 0.0284. The van der Waals surface area contributed by atoms with Gasteiger partial charge in [0.1, 0.15) is 12.6 Å². The number of amides is 1. The molecule has 1 aliphatic rings. The van der Waals surface area contributed by atoms with Crippen molar-refractivity contribution in [1.29, 1.82) is 0 Å². The maximum absolute atomic E-state index is 12.8. The normalized spacial score (nSPS) is 16.5. The summed E-state index contributed by atoms with van der Waals surface area (Å²) in [7, 11) is 2.95. The van der Waals surface area contributed by atoms with E-state index < -0.39 is 11.2 Å². The summed E-state index contributed by atoms with van der Waals surface area (Å²) in [5, 5.41) is 0. The number of ether oxygens (including phenoxy) is 1. The van der Waals surface area contributed by atoms with E-state index in [9.17, 15) is 14.4 Å². The van der Waals surface area contributed by atoms with Crippen LogP contribution in [0, 0.1) is 6.92 Å². The van der Waals surface area contributed by atoms with Gasteiger partial charge in [-0.25, -0.2) is 14.8 Å². The smallest absolute Gasteiger partial charge is 0.332 e. The number of nitrogens with zero attached hydrogens (tertiary/aromatic N) is 6. The summed E-state index contributed by atoms with van der Waals surface area (Å²) in [5.74, 6) is 0.415. The highest BCUT2D eigenvalue weighted by molar-refractivity contribution is 5.79. The lowest BCUT2D eigenvalue weighted by Gasteiger charge is -2.17. The standard InChI is InChI=1S/C19H22N6O4/c1-12-5-4-6-14(21-12)29-13-7-8-24(9-13)15(26)10-25-11-20-17-16(25)18(27)23(3)19(28)22(17)2/h4-6,11,13H,7-10H2,1-3H3. The van der Waals surface area contributed by atoms with E-state index in [2.05, 4.69) is 9.97 Å². The SMILES string of the molecule is Cc1cccc(OC2CCN(C(=O)Cn3cnc4c3c(=O)n(C)c(=O)n4C)C2)n1. The van der Waals surface area contributed by atoms with Crippen molar-refractivity contribution in [3.05, 3.63) is 51.1 Å². The number of carbonyl (C=O) groups excluding carboxylic acids is 1. The van der Waals surface area contributed by atoms with Gasteiger partial charge in [0.05, 0.1) is 12.9 Å². The molecule has 0 aliphatic carbocycles. The third-order valence-corrected chi connectivity index (χ3v) is 5.17. The average Bonchev–Trinajstić information content (AvgIpc) is 3.32. The summed E-state index contributed by atoms with van der Waals surface area (Å²) in [6, 6.07) is 5.58. The lowest BCUT2D eigenvalue weighted by molar-refractivity contribution is -0.131. The third kappa shape index (κ3) is 3.41. The molecule has 29 heavy (non-hydrogen) atoms. The van der Waals surface area contributed by atoms with Crippen LogP contribution in [0.15, 0.2) is 34.1 Å². The quantitative estimate of drug-likeness (QED) is 0.604. The van der Waals surface area contributed by atoms with Gasteiger partial charge in [-0.15, -0.1) is 0 Å². The number of aromatic nitrogens is 5. The van der Waals surface area contributed by atoms with E-state index >= 15 is 0 Å². The van der Waals surface area contributed by atoms with Crippen LogP contribution in [-0.2, 0) is 25.4 Å². The molecule has 1 amide bonds. The molecule has 1 aliphatic heterocycles. The first-order chi connectivity index (χ1) is 13.8. The highest BCUT2D eigenvalue weighted by Crippen LogP contribution is 2.17. The molecule has 0 radical (unpaired) electrons. The molecule has 4 rings (SSSR count). The topological polar surface area (TPSA) is 104 Å². The molecule has 1 atom stereocenters. The van der Waals surface area contributed by atoms with E-state index in [1.165, 1.54) is 22.5 Å². The van der Waals surface area contributed by atoms with Crippen molar-refractivity contribution in [2.24, 2.45) is 14.1 Å². The zero-order valence-corrected chi connectivity index (χ0v) is 16.5. The van der Waals surface area contributed by atoms with Crippen LogP contribution in [0.25, 0.3) is 11.2 Å². The minimum Gasteiger partial charge on any atom is -0.472 e. The van der Waals surface area contributed by atoms with Gasteiger partial charge in [0.15, 0.2) is 11.2 Å². The van der Waals surface area contributed by atoms with Crippen LogP contribution in [0.1, 0.15) is 12.1 Å². The molecule has 1 unspecified atom stereocenters. The maximum atomic E-state index is 12.8. The Balaban J connectivity index is 1.49. The molecular weight excluding hydrogens is 376 g/mol. The fraction of sp³-hybridized carbons (Fsp3) is 0.421. The first-order valence-corrected chi connectivity index (χ1v) is 9.34. The van der Waals surface area contributed by atoms with Gasteiger partial charge >= 0.3 is 5.69 Å². The number of likely N-dealkylation sites (tertiary alicyclic amines) is 1. The number of carbonyl (C=O) groups is 1. The van der Waals surface area contributed by atoms with Crippen molar-refractivity contribution in [1.82, 2.24) is 28.6 Å². The fourth-order valence-electron chi connectivity index (χ4n) is 3.57. The molecule has 1 fully saturated rings. The van der Waals surface area contributed by atoms with Gasteiger partial charge in [-0.05, 0) is 13.0 Å². The van der Waals surface area contributed by atoms with Crippen molar-refractivity contribution >= 4 is 17.1 Å². The van der Waals surface area contributed by atoms with Gasteiger partial charge in [0.25, 0.3) is 5.56 Å². The lowest BCUT2D eigenvalue weighted by Crippen LogP contribution is -2.38. The van der Waals surface area contributed by atoms with E-state index in [4.69, 9.17) is 4.74 Å². The monoisotopic (exact) mass is 398 g/mol. The molecule has 0 bridgehead atoms. The van der Waals surface area contributed by atoms with Crippen molar-refractivity contribution in [2.75, 3.05) is 13.1 Å². The maximum Gasteiger partial charge on any atom is 0.332 e. The number of rotatable bonds is 4. The molecular formula is C19H22N6O4. The minimum atomic E-state index is -0.471. The Bertz CT molecular complexity index is 1210. The molecule has 1 saturated heterocycles. The number of pyridine rings is 1. The van der Waals surface area contributed by atoms with Gasteiger partial charge < -0.3 is 14.2 Å². The van der Waals surface area contributed by atoms with Crippen molar-refractivity contribution in [2.45, 2.75) is 26.0 Å². The van der Waals surface area contributed by atoms with E-state index in [0.29, 0.717) is 25.4 Å². The molecule has 0 saturated carbocycles. The predicted octanol–water partition coefficient (Wildman–Crippen LogP) is -0.183. The molecule has 0 N–H and O–H groups in total. The van der Waals surface area contributed by atoms with Crippen LogP contribution in [0.4, 0.5) is 0 Å². The Labute approximate surface area is 166 Å². The first kappa shape index (κ1) is 18.9. The van der Waals surface area contributed by atoms with E-state index in [1.807, 2.05) is 19.1 Å². The van der Waals surface area contributed by atoms with Crippen LogP contribution < -0.4 is 16.0 Å². The van der Waals surface area contributed by atoms with Crippen LogP contribution in [0.3, 0.4) is 0 Å². The molecule has 3 aromatic rings. The van der Waals surface area contributed by atoms with Gasteiger partial charge in [-0.3, -0.25) is 18.7 Å². The van der Waals surface area contributed by atoms with Gasteiger partial charge in [0, 0.05) is 38.8 Å². The van der Waals surface area contributed by atoms with Crippen LogP contribution >= 0.6 is 0 Å². The van der Waals surface area contributed by atoms with Crippen molar-refractivity contribution < 1.29 is 9.53 Å². The summed E-state index contributed by atoms with van der Waals surface area (Å²) in [6.07, 6.45) is 2.01. The summed E-state index contributed by atoms with van der Waals surface area (Å²) in [6.45, 7) is 2.89. The summed E-state index contributed by atoms with van der Waals surface area (Å²) in [4.78, 5) is 47.5. The third-order valence-electron chi connectivity index (χ3n) is 5.17. The Morgan fingerprint density at radius 1 is 1.24 bits per heavy atom. The fourth-order valence-corrected chi connectivity index (χ4v) is 3.57. The summed E-state index contributed by atoms with van der Waals surface area (Å²) < 4.78 is 9.70. The highest BCUT2D eigenvalue weighted by atomic mass is 16.5. The summed E-state index contributed by atoms with van der Waals surface area (Å²) in [5.41, 5.74) is 0.444. The highest BCUT2D eigenvalue weighted by Gasteiger charge is 2.28. The number of imidazole rings is 1. The zero-order chi connectivity index (χ0) is 20.7. The Hall–Kier alpha value is -3.43. The first-order valence-electron chi connectivity index (χ1n) is 9.34. The second kappa shape index (κ2) is 7.19. The average molecular weight is 398 g/mol. The Morgan fingerprint density at radius 3 is 2.79 bits per heavy atom. The molecule has 0 spiro atoms. The second-order valence-corrected chi connectivity index (χ2v) is 7.24. The van der Waals surface area contributed by atoms with Crippen molar-refractivity contribution in [3.8, 4) is 5.88 Å². The van der Waals surface area contributed by atoms with E-state index in [-0.39, 0.29) is 29.7 Å². The molecule has 4 heterocycles. The molecule has 3 aromatic heterocycles. The van der Waals surface area contributed by atoms with Gasteiger partial charge in [-0.1, -0.05) is 6.07 Å². The van der Waals surface area contributed by atoms with E-state index in [1.54, 1.807) is 18.0 Å². The molecule has 10 heteroatoms. The van der Waals surface area contributed by atoms with Crippen LogP contribution in [0.5, 0.6) is 5.88 Å². The Kier molecular flexibility index (Phi) is 4.69. The summed E-state index contributed by atoms with van der Waals surface area (Å²) >= 11 is 0.